The van der Waals surface area contributed by atoms with E-state index in [9.17, 15) is 9.59 Å². The van der Waals surface area contributed by atoms with Crippen LogP contribution in [0.5, 0.6) is 11.5 Å². The lowest BCUT2D eigenvalue weighted by molar-refractivity contribution is -0.146. The number of benzene rings is 1. The Morgan fingerprint density at radius 1 is 1.29 bits per heavy atom. The molecule has 1 aromatic carbocycles. The maximum absolute atomic E-state index is 12.8. The minimum Gasteiger partial charge on any atom is -0.486 e. The Morgan fingerprint density at radius 2 is 2.04 bits per heavy atom. The van der Waals surface area contributed by atoms with Crippen molar-refractivity contribution in [1.29, 1.82) is 0 Å². The molecule has 0 bridgehead atoms. The molecule has 1 fully saturated rings. The third-order valence-corrected chi connectivity index (χ3v) is 4.59. The van der Waals surface area contributed by atoms with Gasteiger partial charge in [-0.3, -0.25) is 9.59 Å². The molecule has 7 heteroatoms. The highest BCUT2D eigenvalue weighted by molar-refractivity contribution is 5.92. The van der Waals surface area contributed by atoms with Crippen LogP contribution in [0.15, 0.2) is 18.2 Å². The number of nitrogens with two attached hydrogens (primary N) is 1. The molecule has 2 heterocycles. The monoisotopic (exact) mass is 334 g/mol. The highest BCUT2D eigenvalue weighted by Gasteiger charge is 2.48. The van der Waals surface area contributed by atoms with Crippen molar-refractivity contribution in [2.45, 2.75) is 24.8 Å². The normalized spacial score (nSPS) is 22.5. The zero-order valence-corrected chi connectivity index (χ0v) is 13.7. The second-order valence-electron chi connectivity index (χ2n) is 6.13. The van der Waals surface area contributed by atoms with E-state index in [2.05, 4.69) is 0 Å². The van der Waals surface area contributed by atoms with E-state index in [4.69, 9.17) is 19.9 Å². The summed E-state index contributed by atoms with van der Waals surface area (Å²) < 4.78 is 16.2. The average molecular weight is 334 g/mol. The van der Waals surface area contributed by atoms with Gasteiger partial charge in [-0.05, 0) is 30.5 Å². The van der Waals surface area contributed by atoms with Crippen molar-refractivity contribution in [3.63, 3.8) is 0 Å². The molecule has 2 aliphatic heterocycles. The highest BCUT2D eigenvalue weighted by Crippen LogP contribution is 2.33. The summed E-state index contributed by atoms with van der Waals surface area (Å²) in [5, 5.41) is 0. The zero-order chi connectivity index (χ0) is 17.2. The van der Waals surface area contributed by atoms with Crippen molar-refractivity contribution in [3.05, 3.63) is 23.8 Å². The lowest BCUT2D eigenvalue weighted by Crippen LogP contribution is -2.59. The number of carbonyl (C=O) groups is 2. The van der Waals surface area contributed by atoms with Crippen molar-refractivity contribution in [3.8, 4) is 11.5 Å². The molecule has 1 aromatic rings. The number of nitrogens with zero attached hydrogens (tertiary/aromatic N) is 1. The summed E-state index contributed by atoms with van der Waals surface area (Å²) in [6.45, 7) is 1.65. The van der Waals surface area contributed by atoms with Gasteiger partial charge in [0.15, 0.2) is 11.5 Å². The van der Waals surface area contributed by atoms with Gasteiger partial charge >= 0.3 is 0 Å². The molecule has 1 atom stereocenters. The van der Waals surface area contributed by atoms with E-state index in [1.54, 1.807) is 11.0 Å². The summed E-state index contributed by atoms with van der Waals surface area (Å²) in [6.07, 6.45) is 1.44. The Bertz CT molecular complexity index is 648. The fourth-order valence-corrected chi connectivity index (χ4v) is 3.43. The van der Waals surface area contributed by atoms with Gasteiger partial charge in [-0.25, -0.2) is 0 Å². The van der Waals surface area contributed by atoms with E-state index >= 15 is 0 Å². The molecular formula is C17H22N2O5. The number of hydrogen-bond donors (Lipinski definition) is 1. The molecule has 7 nitrogen and oxygen atoms in total. The van der Waals surface area contributed by atoms with Gasteiger partial charge in [0.1, 0.15) is 18.8 Å². The largest absolute Gasteiger partial charge is 0.486 e. The van der Waals surface area contributed by atoms with Gasteiger partial charge in [0.05, 0.1) is 13.0 Å². The SMILES string of the molecule is COCC1(C(N)=O)CCCN1C(=O)Cc1ccc2c(c1)OCCO2. The van der Waals surface area contributed by atoms with E-state index in [0.29, 0.717) is 37.7 Å². The molecular weight excluding hydrogens is 312 g/mol. The number of primary amides is 1. The van der Waals surface area contributed by atoms with Gasteiger partial charge in [0.25, 0.3) is 0 Å². The van der Waals surface area contributed by atoms with E-state index in [1.165, 1.54) is 7.11 Å². The van der Waals surface area contributed by atoms with Gasteiger partial charge in [0.2, 0.25) is 11.8 Å². The average Bonchev–Trinajstić information content (AvgIpc) is 3.00. The van der Waals surface area contributed by atoms with Crippen LogP contribution in [0, 0.1) is 0 Å². The Balaban J connectivity index is 1.77. The summed E-state index contributed by atoms with van der Waals surface area (Å²) in [4.78, 5) is 26.3. The molecule has 130 valence electrons. The number of hydrogen-bond acceptors (Lipinski definition) is 5. The summed E-state index contributed by atoms with van der Waals surface area (Å²) >= 11 is 0. The van der Waals surface area contributed by atoms with Crippen LogP contribution in [0.1, 0.15) is 18.4 Å². The van der Waals surface area contributed by atoms with Crippen LogP contribution in [0.25, 0.3) is 0 Å². The first-order valence-corrected chi connectivity index (χ1v) is 8.05. The van der Waals surface area contributed by atoms with Crippen LogP contribution < -0.4 is 15.2 Å². The molecule has 24 heavy (non-hydrogen) atoms. The first-order chi connectivity index (χ1) is 11.6. The molecule has 2 aliphatic rings. The number of methoxy groups -OCH3 is 1. The molecule has 3 rings (SSSR count). The van der Waals surface area contributed by atoms with Crippen molar-refractivity contribution >= 4 is 11.8 Å². The quantitative estimate of drug-likeness (QED) is 0.846. The second-order valence-corrected chi connectivity index (χ2v) is 6.13. The van der Waals surface area contributed by atoms with Gasteiger partial charge in [0, 0.05) is 13.7 Å². The van der Waals surface area contributed by atoms with Crippen molar-refractivity contribution in [2.75, 3.05) is 33.5 Å². The van der Waals surface area contributed by atoms with Crippen LogP contribution in [0.2, 0.25) is 0 Å². The fourth-order valence-electron chi connectivity index (χ4n) is 3.43. The van der Waals surface area contributed by atoms with E-state index in [1.807, 2.05) is 12.1 Å². The Morgan fingerprint density at radius 3 is 2.75 bits per heavy atom. The van der Waals surface area contributed by atoms with Gasteiger partial charge in [-0.15, -0.1) is 0 Å². The molecule has 0 spiro atoms. The number of fused-ring (bicyclic) bond motifs is 1. The zero-order valence-electron chi connectivity index (χ0n) is 13.7. The van der Waals surface area contributed by atoms with Crippen LogP contribution in [-0.4, -0.2) is 55.7 Å². The topological polar surface area (TPSA) is 91.1 Å². The third-order valence-electron chi connectivity index (χ3n) is 4.59. The smallest absolute Gasteiger partial charge is 0.245 e. The number of likely N-dealkylation sites (tertiary alicyclic amines) is 1. The standard InChI is InChI=1S/C17H22N2O5/c1-22-11-17(16(18)21)5-2-6-19(17)15(20)10-12-3-4-13-14(9-12)24-8-7-23-13/h3-4,9H,2,5-8,10-11H2,1H3,(H2,18,21). The maximum atomic E-state index is 12.8. The van der Waals surface area contributed by atoms with Gasteiger partial charge < -0.3 is 24.8 Å². The summed E-state index contributed by atoms with van der Waals surface area (Å²) in [5.74, 6) is 0.674. The van der Waals surface area contributed by atoms with Crippen LogP contribution >= 0.6 is 0 Å². The number of carbonyl (C=O) groups excluding carboxylic acids is 2. The molecule has 2 amide bonds. The number of ether oxygens (including phenoxy) is 3. The molecule has 2 N–H and O–H groups in total. The predicted octanol–water partition coefficient (Wildman–Crippen LogP) is 0.493. The fraction of sp³-hybridized carbons (Fsp3) is 0.529. The molecule has 1 unspecified atom stereocenters. The minimum atomic E-state index is -1.04. The van der Waals surface area contributed by atoms with Crippen LogP contribution in [0.3, 0.4) is 0 Å². The van der Waals surface area contributed by atoms with Crippen molar-refractivity contribution in [2.24, 2.45) is 5.73 Å². The van der Waals surface area contributed by atoms with Crippen molar-refractivity contribution in [1.82, 2.24) is 4.90 Å². The highest BCUT2D eigenvalue weighted by atomic mass is 16.6. The van der Waals surface area contributed by atoms with E-state index < -0.39 is 11.4 Å². The maximum Gasteiger partial charge on any atom is 0.245 e. The summed E-state index contributed by atoms with van der Waals surface area (Å²) in [5.41, 5.74) is 5.35. The molecule has 0 aliphatic carbocycles. The third kappa shape index (κ3) is 2.91. The Hall–Kier alpha value is -2.28. The molecule has 0 radical (unpaired) electrons. The first-order valence-electron chi connectivity index (χ1n) is 8.05. The number of amides is 2. The second kappa shape index (κ2) is 6.68. The summed E-state index contributed by atoms with van der Waals surface area (Å²) in [6, 6.07) is 5.45. The first kappa shape index (κ1) is 16.6. The number of rotatable bonds is 5. The Labute approximate surface area is 140 Å². The van der Waals surface area contributed by atoms with Crippen LogP contribution in [-0.2, 0) is 20.7 Å². The van der Waals surface area contributed by atoms with E-state index in [0.717, 1.165) is 12.0 Å². The molecule has 0 aromatic heterocycles. The van der Waals surface area contributed by atoms with Crippen LogP contribution in [0.4, 0.5) is 0 Å². The lowest BCUT2D eigenvalue weighted by atomic mass is 9.95. The van der Waals surface area contributed by atoms with Gasteiger partial charge in [-0.1, -0.05) is 6.07 Å². The molecule has 1 saturated heterocycles. The Kier molecular flexibility index (Phi) is 4.62. The van der Waals surface area contributed by atoms with E-state index in [-0.39, 0.29) is 18.9 Å². The predicted molar refractivity (Wildman–Crippen MR) is 85.9 cm³/mol. The minimum absolute atomic E-state index is 0.120. The lowest BCUT2D eigenvalue weighted by Gasteiger charge is -2.35. The summed E-state index contributed by atoms with van der Waals surface area (Å²) in [7, 11) is 1.51. The van der Waals surface area contributed by atoms with Gasteiger partial charge in [-0.2, -0.15) is 0 Å². The molecule has 0 saturated carbocycles. The van der Waals surface area contributed by atoms with Crippen molar-refractivity contribution < 1.29 is 23.8 Å².